The first-order valence-corrected chi connectivity index (χ1v) is 8.61. The second kappa shape index (κ2) is 6.44. The van der Waals surface area contributed by atoms with Crippen LogP contribution in [0, 0.1) is 0 Å². The van der Waals surface area contributed by atoms with Crippen LogP contribution in [0.15, 0.2) is 24.3 Å². The van der Waals surface area contributed by atoms with Gasteiger partial charge in [-0.3, -0.25) is 4.79 Å². The molecule has 0 spiro atoms. The molecule has 1 aromatic carbocycles. The highest BCUT2D eigenvalue weighted by Crippen LogP contribution is 2.13. The number of hydrogen-bond donors (Lipinski definition) is 0. The molecule has 116 valence electrons. The van der Waals surface area contributed by atoms with Crippen molar-refractivity contribution in [3.05, 3.63) is 29.8 Å². The minimum atomic E-state index is -3.16. The summed E-state index contributed by atoms with van der Waals surface area (Å²) in [6.45, 7) is 1.63. The molecule has 6 nitrogen and oxygen atoms in total. The minimum absolute atomic E-state index is 0.0216. The lowest BCUT2D eigenvalue weighted by Gasteiger charge is -2.33. The van der Waals surface area contributed by atoms with Gasteiger partial charge in [-0.15, -0.1) is 0 Å². The second-order valence-electron chi connectivity index (χ2n) is 5.07. The fourth-order valence-electron chi connectivity index (χ4n) is 2.30. The van der Waals surface area contributed by atoms with Gasteiger partial charge in [0.15, 0.2) is 0 Å². The van der Waals surface area contributed by atoms with Gasteiger partial charge in [0, 0.05) is 26.2 Å². The van der Waals surface area contributed by atoms with E-state index in [-0.39, 0.29) is 5.91 Å². The fourth-order valence-corrected chi connectivity index (χ4v) is 3.13. The molecule has 0 radical (unpaired) electrons. The Hall–Kier alpha value is -1.60. The lowest BCUT2D eigenvalue weighted by atomic mass is 10.1. The molecule has 2 rings (SSSR count). The van der Waals surface area contributed by atoms with E-state index in [1.54, 1.807) is 12.0 Å². The summed E-state index contributed by atoms with van der Waals surface area (Å²) in [5, 5.41) is 0. The predicted octanol–water partition coefficient (Wildman–Crippen LogP) is 0.342. The standard InChI is InChI=1S/C14H20N2O4S/c1-20-13-5-3-12(4-6-13)11-14(17)15-7-9-16(10-8-15)21(2,18)19/h3-6H,7-11H2,1-2H3. The number of nitrogens with zero attached hydrogens (tertiary/aromatic N) is 2. The number of carbonyl (C=O) groups excluding carboxylic acids is 1. The maximum atomic E-state index is 12.2. The number of piperazine rings is 1. The summed E-state index contributed by atoms with van der Waals surface area (Å²) < 4.78 is 29.3. The van der Waals surface area contributed by atoms with Gasteiger partial charge in [-0.1, -0.05) is 12.1 Å². The molecule has 1 aliphatic rings. The molecule has 1 amide bonds. The summed E-state index contributed by atoms with van der Waals surface area (Å²) in [4.78, 5) is 13.9. The van der Waals surface area contributed by atoms with Gasteiger partial charge in [-0.05, 0) is 17.7 Å². The third kappa shape index (κ3) is 4.18. The van der Waals surface area contributed by atoms with E-state index in [2.05, 4.69) is 0 Å². The van der Waals surface area contributed by atoms with Crippen molar-refractivity contribution in [2.45, 2.75) is 6.42 Å². The van der Waals surface area contributed by atoms with Crippen molar-refractivity contribution in [2.75, 3.05) is 39.5 Å². The van der Waals surface area contributed by atoms with Crippen molar-refractivity contribution >= 4 is 15.9 Å². The Morgan fingerprint density at radius 1 is 1.14 bits per heavy atom. The lowest BCUT2D eigenvalue weighted by Crippen LogP contribution is -2.50. The van der Waals surface area contributed by atoms with Gasteiger partial charge < -0.3 is 9.64 Å². The van der Waals surface area contributed by atoms with E-state index >= 15 is 0 Å². The molecule has 0 N–H and O–H groups in total. The van der Waals surface area contributed by atoms with Gasteiger partial charge in [0.25, 0.3) is 0 Å². The SMILES string of the molecule is COc1ccc(CC(=O)N2CCN(S(C)(=O)=O)CC2)cc1. The predicted molar refractivity (Wildman–Crippen MR) is 79.7 cm³/mol. The Morgan fingerprint density at radius 2 is 1.71 bits per heavy atom. The summed E-state index contributed by atoms with van der Waals surface area (Å²) in [5.41, 5.74) is 0.923. The zero-order valence-electron chi connectivity index (χ0n) is 12.3. The fraction of sp³-hybridized carbons (Fsp3) is 0.500. The molecule has 1 fully saturated rings. The number of ether oxygens (including phenoxy) is 1. The Balaban J connectivity index is 1.90. The average Bonchev–Trinajstić information content (AvgIpc) is 2.47. The van der Waals surface area contributed by atoms with Gasteiger partial charge >= 0.3 is 0 Å². The van der Waals surface area contributed by atoms with E-state index in [9.17, 15) is 13.2 Å². The normalized spacial score (nSPS) is 16.8. The highest BCUT2D eigenvalue weighted by atomic mass is 32.2. The van der Waals surface area contributed by atoms with Gasteiger partial charge in [0.2, 0.25) is 15.9 Å². The number of sulfonamides is 1. The van der Waals surface area contributed by atoms with E-state index < -0.39 is 10.0 Å². The van der Waals surface area contributed by atoms with Gasteiger partial charge in [-0.2, -0.15) is 4.31 Å². The van der Waals surface area contributed by atoms with E-state index in [0.29, 0.717) is 32.6 Å². The number of hydrogen-bond acceptors (Lipinski definition) is 4. The molecular formula is C14H20N2O4S. The highest BCUT2D eigenvalue weighted by molar-refractivity contribution is 7.88. The Morgan fingerprint density at radius 3 is 2.19 bits per heavy atom. The van der Waals surface area contributed by atoms with Gasteiger partial charge in [0.05, 0.1) is 19.8 Å². The maximum Gasteiger partial charge on any atom is 0.227 e. The molecule has 1 aromatic rings. The first-order valence-electron chi connectivity index (χ1n) is 6.76. The number of rotatable bonds is 4. The monoisotopic (exact) mass is 312 g/mol. The molecule has 1 heterocycles. The van der Waals surface area contributed by atoms with Gasteiger partial charge in [0.1, 0.15) is 5.75 Å². The maximum absolute atomic E-state index is 12.2. The first-order chi connectivity index (χ1) is 9.90. The third-order valence-electron chi connectivity index (χ3n) is 3.57. The van der Waals surface area contributed by atoms with Crippen LogP contribution in [0.2, 0.25) is 0 Å². The summed E-state index contributed by atoms with van der Waals surface area (Å²) >= 11 is 0. The average molecular weight is 312 g/mol. The van der Waals surface area contributed by atoms with Crippen LogP contribution in [0.1, 0.15) is 5.56 Å². The summed E-state index contributed by atoms with van der Waals surface area (Å²) in [6.07, 6.45) is 1.52. The minimum Gasteiger partial charge on any atom is -0.497 e. The molecule has 0 aliphatic carbocycles. The van der Waals surface area contributed by atoms with Crippen molar-refractivity contribution in [1.82, 2.24) is 9.21 Å². The zero-order chi connectivity index (χ0) is 15.5. The lowest BCUT2D eigenvalue weighted by molar-refractivity contribution is -0.131. The van der Waals surface area contributed by atoms with Crippen LogP contribution in [0.3, 0.4) is 0 Å². The van der Waals surface area contributed by atoms with Crippen molar-refractivity contribution in [2.24, 2.45) is 0 Å². The van der Waals surface area contributed by atoms with Crippen LogP contribution in [-0.2, 0) is 21.2 Å². The van der Waals surface area contributed by atoms with Gasteiger partial charge in [-0.25, -0.2) is 8.42 Å². The molecule has 1 aliphatic heterocycles. The van der Waals surface area contributed by atoms with Crippen LogP contribution in [-0.4, -0.2) is 63.1 Å². The second-order valence-corrected chi connectivity index (χ2v) is 7.05. The van der Waals surface area contributed by atoms with Crippen molar-refractivity contribution in [3.63, 3.8) is 0 Å². The molecule has 0 saturated carbocycles. The zero-order valence-corrected chi connectivity index (χ0v) is 13.1. The molecular weight excluding hydrogens is 292 g/mol. The first kappa shape index (κ1) is 15.8. The summed E-state index contributed by atoms with van der Waals surface area (Å²) in [5.74, 6) is 0.779. The summed E-state index contributed by atoms with van der Waals surface area (Å²) in [7, 11) is -1.56. The van der Waals surface area contributed by atoms with E-state index in [1.807, 2.05) is 24.3 Å². The smallest absolute Gasteiger partial charge is 0.227 e. The van der Waals surface area contributed by atoms with E-state index in [0.717, 1.165) is 11.3 Å². The molecule has 21 heavy (non-hydrogen) atoms. The highest BCUT2D eigenvalue weighted by Gasteiger charge is 2.25. The topological polar surface area (TPSA) is 66.9 Å². The van der Waals surface area contributed by atoms with E-state index in [1.165, 1.54) is 10.6 Å². The van der Waals surface area contributed by atoms with Crippen LogP contribution >= 0.6 is 0 Å². The van der Waals surface area contributed by atoms with Crippen LogP contribution in [0.25, 0.3) is 0 Å². The van der Waals surface area contributed by atoms with Crippen LogP contribution < -0.4 is 4.74 Å². The molecule has 0 unspecified atom stereocenters. The Kier molecular flexibility index (Phi) is 4.84. The van der Waals surface area contributed by atoms with Crippen molar-refractivity contribution in [1.29, 1.82) is 0 Å². The molecule has 0 bridgehead atoms. The van der Waals surface area contributed by atoms with Crippen molar-refractivity contribution < 1.29 is 17.9 Å². The number of methoxy groups -OCH3 is 1. The third-order valence-corrected chi connectivity index (χ3v) is 4.88. The quantitative estimate of drug-likeness (QED) is 0.804. The molecule has 1 saturated heterocycles. The molecule has 0 atom stereocenters. The van der Waals surface area contributed by atoms with E-state index in [4.69, 9.17) is 4.74 Å². The number of benzene rings is 1. The number of amides is 1. The Labute approximate surface area is 125 Å². The molecule has 7 heteroatoms. The van der Waals surface area contributed by atoms with Crippen LogP contribution in [0.4, 0.5) is 0 Å². The van der Waals surface area contributed by atoms with Crippen molar-refractivity contribution in [3.8, 4) is 5.75 Å². The largest absolute Gasteiger partial charge is 0.497 e. The summed E-state index contributed by atoms with van der Waals surface area (Å²) in [6, 6.07) is 7.38. The Bertz CT molecular complexity index is 590. The number of carbonyl (C=O) groups is 1. The van der Waals surface area contributed by atoms with Crippen LogP contribution in [0.5, 0.6) is 5.75 Å². The molecule has 0 aromatic heterocycles.